The van der Waals surface area contributed by atoms with Crippen LogP contribution in [0.1, 0.15) is 23.7 Å². The number of nitrogens with one attached hydrogen (secondary N) is 2. The third kappa shape index (κ3) is 5.80. The number of sulfonamides is 1. The number of carbonyl (C=O) groups excluding carboxylic acids is 1. The Morgan fingerprint density at radius 1 is 1.19 bits per heavy atom. The lowest BCUT2D eigenvalue weighted by Gasteiger charge is -2.11. The van der Waals surface area contributed by atoms with E-state index in [2.05, 4.69) is 10.6 Å². The van der Waals surface area contributed by atoms with E-state index in [9.17, 15) is 13.2 Å². The molecule has 0 fully saturated rings. The van der Waals surface area contributed by atoms with Crippen molar-refractivity contribution in [1.29, 1.82) is 0 Å². The Hall–Kier alpha value is -2.49. The number of thiocarbonyl (C=S) groups is 1. The summed E-state index contributed by atoms with van der Waals surface area (Å²) in [5.74, 6) is 0.225. The minimum atomic E-state index is -3.76. The number of ether oxygens (including phenoxy) is 1. The summed E-state index contributed by atoms with van der Waals surface area (Å²) in [4.78, 5) is 12.3. The van der Waals surface area contributed by atoms with Crippen molar-refractivity contribution in [1.82, 2.24) is 5.32 Å². The molecule has 0 heterocycles. The zero-order valence-electron chi connectivity index (χ0n) is 14.1. The van der Waals surface area contributed by atoms with E-state index >= 15 is 0 Å². The third-order valence-corrected chi connectivity index (χ3v) is 4.37. The fraction of sp³-hybridized carbons (Fsp3) is 0.176. The Balaban J connectivity index is 1.98. The lowest BCUT2D eigenvalue weighted by Crippen LogP contribution is -2.34. The minimum absolute atomic E-state index is 0.0121. The van der Waals surface area contributed by atoms with Crippen LogP contribution >= 0.6 is 12.2 Å². The van der Waals surface area contributed by atoms with E-state index < -0.39 is 10.0 Å². The molecule has 2 rings (SSSR count). The van der Waals surface area contributed by atoms with E-state index in [1.54, 1.807) is 24.3 Å². The molecule has 2 aromatic rings. The fourth-order valence-electron chi connectivity index (χ4n) is 2.01. The molecule has 138 valence electrons. The van der Waals surface area contributed by atoms with Crippen LogP contribution in [0.3, 0.4) is 0 Å². The number of amides is 1. The van der Waals surface area contributed by atoms with Crippen molar-refractivity contribution in [3.8, 4) is 5.75 Å². The second-order valence-corrected chi connectivity index (χ2v) is 7.32. The molecule has 0 radical (unpaired) electrons. The summed E-state index contributed by atoms with van der Waals surface area (Å²) in [6.45, 7) is 2.57. The van der Waals surface area contributed by atoms with Gasteiger partial charge in [0, 0.05) is 11.3 Å². The smallest absolute Gasteiger partial charge is 0.257 e. The summed E-state index contributed by atoms with van der Waals surface area (Å²) in [6.07, 6.45) is 0.870. The topological polar surface area (TPSA) is 111 Å². The first kappa shape index (κ1) is 19.8. The summed E-state index contributed by atoms with van der Waals surface area (Å²) in [5.41, 5.74) is 0.926. The molecule has 0 aliphatic heterocycles. The van der Waals surface area contributed by atoms with Gasteiger partial charge in [0.25, 0.3) is 5.91 Å². The van der Waals surface area contributed by atoms with Gasteiger partial charge in [-0.15, -0.1) is 0 Å². The number of anilines is 1. The van der Waals surface area contributed by atoms with E-state index in [1.165, 1.54) is 24.3 Å². The highest BCUT2D eigenvalue weighted by molar-refractivity contribution is 7.89. The summed E-state index contributed by atoms with van der Waals surface area (Å²) >= 11 is 5.10. The molecule has 1 amide bonds. The van der Waals surface area contributed by atoms with Gasteiger partial charge in [-0.3, -0.25) is 10.1 Å². The van der Waals surface area contributed by atoms with Gasteiger partial charge in [0.05, 0.1) is 11.5 Å². The van der Waals surface area contributed by atoms with Crippen LogP contribution in [-0.4, -0.2) is 26.0 Å². The van der Waals surface area contributed by atoms with Crippen molar-refractivity contribution in [2.75, 3.05) is 11.9 Å². The van der Waals surface area contributed by atoms with Crippen LogP contribution < -0.4 is 20.5 Å². The Bertz CT molecular complexity index is 896. The normalized spacial score (nSPS) is 10.8. The first-order valence-corrected chi connectivity index (χ1v) is 9.73. The molecule has 0 spiro atoms. The Labute approximate surface area is 157 Å². The second kappa shape index (κ2) is 8.75. The van der Waals surface area contributed by atoms with E-state index in [-0.39, 0.29) is 15.9 Å². The highest BCUT2D eigenvalue weighted by atomic mass is 32.2. The van der Waals surface area contributed by atoms with Crippen LogP contribution in [-0.2, 0) is 10.0 Å². The van der Waals surface area contributed by atoms with Crippen LogP contribution in [0.2, 0.25) is 0 Å². The molecular weight excluding hydrogens is 374 g/mol. The van der Waals surface area contributed by atoms with Crippen molar-refractivity contribution in [2.45, 2.75) is 18.2 Å². The van der Waals surface area contributed by atoms with Crippen LogP contribution in [0.5, 0.6) is 5.75 Å². The van der Waals surface area contributed by atoms with Crippen molar-refractivity contribution < 1.29 is 17.9 Å². The zero-order valence-corrected chi connectivity index (χ0v) is 15.7. The highest BCUT2D eigenvalue weighted by Gasteiger charge is 2.10. The molecule has 2 aromatic carbocycles. The summed E-state index contributed by atoms with van der Waals surface area (Å²) < 4.78 is 28.0. The van der Waals surface area contributed by atoms with Crippen molar-refractivity contribution in [2.24, 2.45) is 5.14 Å². The number of rotatable bonds is 6. The molecular formula is C17H19N3O4S2. The van der Waals surface area contributed by atoms with Gasteiger partial charge in [-0.1, -0.05) is 13.0 Å². The second-order valence-electron chi connectivity index (χ2n) is 5.35. The lowest BCUT2D eigenvalue weighted by molar-refractivity contribution is 0.0977. The molecule has 26 heavy (non-hydrogen) atoms. The summed E-state index contributed by atoms with van der Waals surface area (Å²) in [6, 6.07) is 12.5. The highest BCUT2D eigenvalue weighted by Crippen LogP contribution is 2.14. The Morgan fingerprint density at radius 2 is 1.88 bits per heavy atom. The molecule has 0 aromatic heterocycles. The first-order chi connectivity index (χ1) is 12.3. The van der Waals surface area contributed by atoms with Crippen molar-refractivity contribution >= 4 is 38.9 Å². The molecule has 4 N–H and O–H groups in total. The maximum Gasteiger partial charge on any atom is 0.257 e. The van der Waals surface area contributed by atoms with Gasteiger partial charge in [-0.25, -0.2) is 13.6 Å². The molecule has 0 aliphatic rings. The van der Waals surface area contributed by atoms with Crippen LogP contribution in [0.25, 0.3) is 0 Å². The Kier molecular flexibility index (Phi) is 6.67. The summed E-state index contributed by atoms with van der Waals surface area (Å²) in [5, 5.41) is 10.5. The predicted molar refractivity (Wildman–Crippen MR) is 104 cm³/mol. The van der Waals surface area contributed by atoms with Gasteiger partial charge in [0.1, 0.15) is 5.75 Å². The number of carbonyl (C=O) groups is 1. The largest absolute Gasteiger partial charge is 0.494 e. The zero-order chi connectivity index (χ0) is 19.2. The van der Waals surface area contributed by atoms with Crippen LogP contribution in [0, 0.1) is 0 Å². The molecule has 0 atom stereocenters. The van der Waals surface area contributed by atoms with Gasteiger partial charge >= 0.3 is 0 Å². The first-order valence-electron chi connectivity index (χ1n) is 7.77. The van der Waals surface area contributed by atoms with Crippen LogP contribution in [0.15, 0.2) is 53.4 Å². The molecule has 9 heteroatoms. The van der Waals surface area contributed by atoms with E-state index in [0.29, 0.717) is 23.6 Å². The van der Waals surface area contributed by atoms with Crippen molar-refractivity contribution in [3.63, 3.8) is 0 Å². The number of primary sulfonamides is 1. The lowest BCUT2D eigenvalue weighted by atomic mass is 10.2. The number of nitrogens with two attached hydrogens (primary N) is 1. The third-order valence-electron chi connectivity index (χ3n) is 3.24. The maximum atomic E-state index is 12.3. The van der Waals surface area contributed by atoms with Gasteiger partial charge in [-0.2, -0.15) is 0 Å². The minimum Gasteiger partial charge on any atom is -0.494 e. The predicted octanol–water partition coefficient (Wildman–Crippen LogP) is 2.25. The number of hydrogen-bond donors (Lipinski definition) is 3. The quantitative estimate of drug-likeness (QED) is 0.649. The Morgan fingerprint density at radius 3 is 2.50 bits per heavy atom. The monoisotopic (exact) mass is 393 g/mol. The molecule has 0 aliphatic carbocycles. The molecule has 0 bridgehead atoms. The van der Waals surface area contributed by atoms with Crippen molar-refractivity contribution in [3.05, 3.63) is 54.1 Å². The van der Waals surface area contributed by atoms with Gasteiger partial charge in [-0.05, 0) is 61.1 Å². The SMILES string of the molecule is CCCOc1cccc(C(=O)NC(=S)Nc2ccc(S(N)(=O)=O)cc2)c1. The molecule has 0 saturated carbocycles. The number of benzene rings is 2. The maximum absolute atomic E-state index is 12.3. The molecule has 0 saturated heterocycles. The van der Waals surface area contributed by atoms with Crippen LogP contribution in [0.4, 0.5) is 5.69 Å². The molecule has 7 nitrogen and oxygen atoms in total. The van der Waals surface area contributed by atoms with E-state index in [0.717, 1.165) is 6.42 Å². The fourth-order valence-corrected chi connectivity index (χ4v) is 2.74. The standard InChI is InChI=1S/C17H19N3O4S2/c1-2-10-24-14-5-3-4-12(11-14)16(21)20-17(25)19-13-6-8-15(9-7-13)26(18,22)23/h3-9,11H,2,10H2,1H3,(H2,18,22,23)(H2,19,20,21,25). The van der Waals surface area contributed by atoms with E-state index in [4.69, 9.17) is 22.1 Å². The van der Waals surface area contributed by atoms with Gasteiger partial charge in [0.15, 0.2) is 5.11 Å². The molecule has 0 unspecified atom stereocenters. The average molecular weight is 393 g/mol. The summed E-state index contributed by atoms with van der Waals surface area (Å²) in [7, 11) is -3.76. The van der Waals surface area contributed by atoms with Gasteiger partial charge in [0.2, 0.25) is 10.0 Å². The van der Waals surface area contributed by atoms with Gasteiger partial charge < -0.3 is 10.1 Å². The van der Waals surface area contributed by atoms with E-state index in [1.807, 2.05) is 6.92 Å². The average Bonchev–Trinajstić information content (AvgIpc) is 2.59. The number of hydrogen-bond acceptors (Lipinski definition) is 5.